The van der Waals surface area contributed by atoms with Crippen molar-refractivity contribution in [3.63, 3.8) is 0 Å². The number of carbonyl (C=O) groups is 2. The molecule has 1 unspecified atom stereocenters. The molecule has 1 aliphatic rings. The maximum Gasteiger partial charge on any atom is 0.270 e. The van der Waals surface area contributed by atoms with Gasteiger partial charge in [-0.15, -0.1) is 0 Å². The van der Waals surface area contributed by atoms with Crippen LogP contribution >= 0.6 is 0 Å². The first kappa shape index (κ1) is 16.7. The standard InChI is InChI=1S/C19H16FN3O2/c1-23-10-9-13(19(23)25)6-5-12-3-2-4-14(11-12)16-8-7-15(20)17(22-16)18(21)24/h2-4,7-8,11,13H,9-10H2,1H3,(H2,21,24). The number of rotatable bonds is 2. The molecule has 2 aromatic rings. The molecule has 25 heavy (non-hydrogen) atoms. The Kier molecular flexibility index (Phi) is 4.48. The topological polar surface area (TPSA) is 76.3 Å². The van der Waals surface area contributed by atoms with Gasteiger partial charge < -0.3 is 10.6 Å². The summed E-state index contributed by atoms with van der Waals surface area (Å²) < 4.78 is 13.6. The van der Waals surface area contributed by atoms with Crippen LogP contribution in [0, 0.1) is 23.6 Å². The predicted octanol–water partition coefficient (Wildman–Crippen LogP) is 1.82. The van der Waals surface area contributed by atoms with E-state index in [4.69, 9.17) is 5.73 Å². The molecular formula is C19H16FN3O2. The third-order valence-electron chi connectivity index (χ3n) is 4.06. The van der Waals surface area contributed by atoms with E-state index >= 15 is 0 Å². The van der Waals surface area contributed by atoms with E-state index in [-0.39, 0.29) is 11.8 Å². The zero-order valence-electron chi connectivity index (χ0n) is 13.6. The van der Waals surface area contributed by atoms with Crippen LogP contribution in [-0.2, 0) is 4.79 Å². The molecule has 0 aliphatic carbocycles. The smallest absolute Gasteiger partial charge is 0.270 e. The third kappa shape index (κ3) is 3.50. The van der Waals surface area contributed by atoms with Gasteiger partial charge >= 0.3 is 0 Å². The van der Waals surface area contributed by atoms with Crippen LogP contribution in [0.15, 0.2) is 36.4 Å². The number of aromatic nitrogens is 1. The van der Waals surface area contributed by atoms with Crippen LogP contribution < -0.4 is 5.73 Å². The maximum absolute atomic E-state index is 13.6. The number of pyridine rings is 1. The largest absolute Gasteiger partial charge is 0.364 e. The first-order chi connectivity index (χ1) is 12.0. The number of nitrogens with two attached hydrogens (primary N) is 1. The zero-order chi connectivity index (χ0) is 18.0. The molecule has 0 bridgehead atoms. The average molecular weight is 337 g/mol. The molecule has 126 valence electrons. The summed E-state index contributed by atoms with van der Waals surface area (Å²) in [4.78, 5) is 28.8. The van der Waals surface area contributed by atoms with E-state index in [2.05, 4.69) is 16.8 Å². The van der Waals surface area contributed by atoms with Gasteiger partial charge in [0.1, 0.15) is 5.92 Å². The first-order valence-corrected chi connectivity index (χ1v) is 7.79. The fraction of sp³-hybridized carbons (Fsp3) is 0.211. The number of primary amides is 1. The lowest BCUT2D eigenvalue weighted by Gasteiger charge is -2.05. The minimum Gasteiger partial charge on any atom is -0.364 e. The highest BCUT2D eigenvalue weighted by Gasteiger charge is 2.27. The molecule has 2 amide bonds. The fourth-order valence-corrected chi connectivity index (χ4v) is 2.66. The van der Waals surface area contributed by atoms with Gasteiger partial charge in [0.2, 0.25) is 5.91 Å². The SMILES string of the molecule is CN1CCC(C#Cc2cccc(-c3ccc(F)c(C(N)=O)n3)c2)C1=O. The zero-order valence-corrected chi connectivity index (χ0v) is 13.6. The van der Waals surface area contributed by atoms with Crippen molar-refractivity contribution >= 4 is 11.8 Å². The van der Waals surface area contributed by atoms with Crippen LogP contribution in [-0.4, -0.2) is 35.3 Å². The van der Waals surface area contributed by atoms with Crippen LogP contribution in [0.3, 0.4) is 0 Å². The summed E-state index contributed by atoms with van der Waals surface area (Å²) in [6.07, 6.45) is 0.726. The predicted molar refractivity (Wildman–Crippen MR) is 90.8 cm³/mol. The van der Waals surface area contributed by atoms with Gasteiger partial charge in [0.15, 0.2) is 11.5 Å². The van der Waals surface area contributed by atoms with Crippen LogP contribution in [0.25, 0.3) is 11.3 Å². The normalized spacial score (nSPS) is 16.5. The summed E-state index contributed by atoms with van der Waals surface area (Å²) in [5, 5.41) is 0. The Morgan fingerprint density at radius 1 is 1.36 bits per heavy atom. The molecular weight excluding hydrogens is 321 g/mol. The Hall–Kier alpha value is -3.20. The summed E-state index contributed by atoms with van der Waals surface area (Å²) >= 11 is 0. The summed E-state index contributed by atoms with van der Waals surface area (Å²) in [6.45, 7) is 0.716. The Balaban J connectivity index is 1.89. The molecule has 1 saturated heterocycles. The number of likely N-dealkylation sites (tertiary alicyclic amines) is 1. The molecule has 1 aliphatic heterocycles. The van der Waals surface area contributed by atoms with Gasteiger partial charge in [0, 0.05) is 24.7 Å². The van der Waals surface area contributed by atoms with Gasteiger partial charge in [-0.2, -0.15) is 0 Å². The fourth-order valence-electron chi connectivity index (χ4n) is 2.66. The van der Waals surface area contributed by atoms with Crippen LogP contribution in [0.4, 0.5) is 4.39 Å². The quantitative estimate of drug-likeness (QED) is 0.849. The van der Waals surface area contributed by atoms with Crippen LogP contribution in [0.1, 0.15) is 22.5 Å². The molecule has 6 heteroatoms. The van der Waals surface area contributed by atoms with Gasteiger partial charge in [-0.05, 0) is 30.7 Å². The van der Waals surface area contributed by atoms with Crippen molar-refractivity contribution in [3.8, 4) is 23.1 Å². The highest BCUT2D eigenvalue weighted by molar-refractivity contribution is 5.91. The molecule has 3 rings (SSSR count). The number of amides is 2. The number of hydrogen-bond donors (Lipinski definition) is 1. The molecule has 0 saturated carbocycles. The molecule has 0 radical (unpaired) electrons. The van der Waals surface area contributed by atoms with Crippen LogP contribution in [0.2, 0.25) is 0 Å². The Morgan fingerprint density at radius 2 is 2.16 bits per heavy atom. The Bertz CT molecular complexity index is 914. The summed E-state index contributed by atoms with van der Waals surface area (Å²) in [6, 6.07) is 9.80. The molecule has 1 aromatic heterocycles. The third-order valence-corrected chi connectivity index (χ3v) is 4.06. The number of carbonyl (C=O) groups excluding carboxylic acids is 2. The van der Waals surface area contributed by atoms with E-state index in [0.29, 0.717) is 23.4 Å². The van der Waals surface area contributed by atoms with E-state index in [1.165, 1.54) is 6.07 Å². The second-order valence-electron chi connectivity index (χ2n) is 5.84. The highest BCUT2D eigenvalue weighted by atomic mass is 19.1. The number of nitrogens with zero attached hydrogens (tertiary/aromatic N) is 2. The summed E-state index contributed by atoms with van der Waals surface area (Å²) in [5.41, 5.74) is 6.56. The van der Waals surface area contributed by atoms with Gasteiger partial charge in [-0.3, -0.25) is 9.59 Å². The second kappa shape index (κ2) is 6.73. The van der Waals surface area contributed by atoms with E-state index < -0.39 is 17.4 Å². The minimum absolute atomic E-state index is 0.0370. The van der Waals surface area contributed by atoms with Crippen molar-refractivity contribution in [2.24, 2.45) is 11.7 Å². The lowest BCUT2D eigenvalue weighted by atomic mass is 10.1. The highest BCUT2D eigenvalue weighted by Crippen LogP contribution is 2.20. The van der Waals surface area contributed by atoms with Crippen LogP contribution in [0.5, 0.6) is 0 Å². The van der Waals surface area contributed by atoms with Gasteiger partial charge in [0.25, 0.3) is 5.91 Å². The summed E-state index contributed by atoms with van der Waals surface area (Å²) in [7, 11) is 1.77. The summed E-state index contributed by atoms with van der Waals surface area (Å²) in [5.74, 6) is 4.09. The van der Waals surface area contributed by atoms with Crippen molar-refractivity contribution in [1.82, 2.24) is 9.88 Å². The molecule has 1 atom stereocenters. The van der Waals surface area contributed by atoms with E-state index in [0.717, 1.165) is 12.5 Å². The molecule has 1 fully saturated rings. The minimum atomic E-state index is -0.917. The average Bonchev–Trinajstić information content (AvgIpc) is 2.92. The molecule has 0 spiro atoms. The molecule has 1 aromatic carbocycles. The molecule has 2 heterocycles. The van der Waals surface area contributed by atoms with E-state index in [9.17, 15) is 14.0 Å². The number of hydrogen-bond acceptors (Lipinski definition) is 3. The molecule has 5 nitrogen and oxygen atoms in total. The van der Waals surface area contributed by atoms with Gasteiger partial charge in [-0.25, -0.2) is 9.37 Å². The monoisotopic (exact) mass is 337 g/mol. The number of halogens is 1. The maximum atomic E-state index is 13.6. The van der Waals surface area contributed by atoms with Crippen molar-refractivity contribution in [2.75, 3.05) is 13.6 Å². The van der Waals surface area contributed by atoms with Crippen molar-refractivity contribution in [3.05, 3.63) is 53.5 Å². The van der Waals surface area contributed by atoms with Crippen molar-refractivity contribution in [2.45, 2.75) is 6.42 Å². The lowest BCUT2D eigenvalue weighted by molar-refractivity contribution is -0.128. The van der Waals surface area contributed by atoms with E-state index in [1.54, 1.807) is 30.1 Å². The Morgan fingerprint density at radius 3 is 2.84 bits per heavy atom. The number of benzene rings is 1. The van der Waals surface area contributed by atoms with Gasteiger partial charge in [0.05, 0.1) is 5.69 Å². The van der Waals surface area contributed by atoms with E-state index in [1.807, 2.05) is 6.07 Å². The van der Waals surface area contributed by atoms with Gasteiger partial charge in [-0.1, -0.05) is 24.0 Å². The lowest BCUT2D eigenvalue weighted by Crippen LogP contribution is -2.21. The van der Waals surface area contributed by atoms with Crippen molar-refractivity contribution in [1.29, 1.82) is 0 Å². The second-order valence-corrected chi connectivity index (χ2v) is 5.84. The Labute approximate surface area is 144 Å². The first-order valence-electron chi connectivity index (χ1n) is 7.79. The molecule has 2 N–H and O–H groups in total. The van der Waals surface area contributed by atoms with Crippen molar-refractivity contribution < 1.29 is 14.0 Å².